The van der Waals surface area contributed by atoms with Crippen LogP contribution in [0.4, 0.5) is 8.78 Å². The van der Waals surface area contributed by atoms with Gasteiger partial charge in [-0.15, -0.1) is 0 Å². The average Bonchev–Trinajstić information content (AvgIpc) is 2.02. The van der Waals surface area contributed by atoms with Crippen molar-refractivity contribution >= 4 is 5.84 Å². The zero-order valence-electron chi connectivity index (χ0n) is 6.80. The fourth-order valence-corrected chi connectivity index (χ4v) is 0.968. The maximum absolute atomic E-state index is 12.6. The lowest BCUT2D eigenvalue weighted by atomic mass is 10.1. The first-order valence-electron chi connectivity index (χ1n) is 3.59. The first-order chi connectivity index (χ1) is 6.11. The molecule has 0 saturated heterocycles. The zero-order chi connectivity index (χ0) is 9.84. The molecule has 13 heavy (non-hydrogen) atoms. The molecule has 0 aliphatic rings. The van der Waals surface area contributed by atoms with Gasteiger partial charge < -0.3 is 11.6 Å². The monoisotopic (exact) mass is 185 g/mol. The Kier molecular flexibility index (Phi) is 2.79. The van der Waals surface area contributed by atoms with E-state index in [9.17, 15) is 8.78 Å². The fourth-order valence-electron chi connectivity index (χ4n) is 0.968. The Hall–Kier alpha value is -1.65. The summed E-state index contributed by atoms with van der Waals surface area (Å²) in [6.07, 6.45) is 0.144. The third-order valence-electron chi connectivity index (χ3n) is 1.47. The molecular formula is C8H9F2N3. The van der Waals surface area contributed by atoms with Crippen molar-refractivity contribution in [3.8, 4) is 0 Å². The van der Waals surface area contributed by atoms with Crippen molar-refractivity contribution in [2.24, 2.45) is 16.7 Å². The van der Waals surface area contributed by atoms with Gasteiger partial charge in [-0.25, -0.2) is 8.78 Å². The number of benzene rings is 1. The van der Waals surface area contributed by atoms with Gasteiger partial charge in [0.1, 0.15) is 17.5 Å². The van der Waals surface area contributed by atoms with E-state index in [1.165, 1.54) is 12.1 Å². The van der Waals surface area contributed by atoms with Crippen molar-refractivity contribution in [3.63, 3.8) is 0 Å². The lowest BCUT2D eigenvalue weighted by molar-refractivity contribution is 0.581. The van der Waals surface area contributed by atoms with Gasteiger partial charge in [0.2, 0.25) is 0 Å². The van der Waals surface area contributed by atoms with Crippen LogP contribution in [0.15, 0.2) is 23.3 Å². The van der Waals surface area contributed by atoms with Gasteiger partial charge in [-0.1, -0.05) is 0 Å². The van der Waals surface area contributed by atoms with Gasteiger partial charge in [-0.2, -0.15) is 5.10 Å². The Morgan fingerprint density at radius 2 is 1.77 bits per heavy atom. The predicted molar refractivity (Wildman–Crippen MR) is 45.9 cm³/mol. The molecule has 0 atom stereocenters. The molecule has 0 saturated carbocycles. The summed E-state index contributed by atoms with van der Waals surface area (Å²) in [4.78, 5) is 0. The van der Waals surface area contributed by atoms with E-state index >= 15 is 0 Å². The molecule has 1 rings (SSSR count). The summed E-state index contributed by atoms with van der Waals surface area (Å²) >= 11 is 0. The van der Waals surface area contributed by atoms with Crippen molar-refractivity contribution in [1.82, 2.24) is 0 Å². The van der Waals surface area contributed by atoms with E-state index in [0.717, 1.165) is 6.07 Å². The van der Waals surface area contributed by atoms with Gasteiger partial charge in [0.05, 0.1) is 0 Å². The van der Waals surface area contributed by atoms with Crippen LogP contribution in [0.25, 0.3) is 0 Å². The Morgan fingerprint density at radius 1 is 1.23 bits per heavy atom. The van der Waals surface area contributed by atoms with E-state index in [4.69, 9.17) is 11.6 Å². The topological polar surface area (TPSA) is 64.4 Å². The van der Waals surface area contributed by atoms with Crippen molar-refractivity contribution < 1.29 is 8.78 Å². The Labute approximate surface area is 74.0 Å². The average molecular weight is 185 g/mol. The highest BCUT2D eigenvalue weighted by molar-refractivity contribution is 5.82. The number of nitrogens with two attached hydrogens (primary N) is 2. The number of nitrogens with zero attached hydrogens (tertiary/aromatic N) is 1. The minimum atomic E-state index is -0.639. The van der Waals surface area contributed by atoms with Crippen LogP contribution in [-0.2, 0) is 6.42 Å². The third-order valence-corrected chi connectivity index (χ3v) is 1.47. The van der Waals surface area contributed by atoms with Crippen LogP contribution in [0, 0.1) is 11.6 Å². The molecule has 0 heterocycles. The molecule has 70 valence electrons. The second-order valence-corrected chi connectivity index (χ2v) is 2.57. The van der Waals surface area contributed by atoms with Crippen LogP contribution >= 0.6 is 0 Å². The highest BCUT2D eigenvalue weighted by atomic mass is 19.1. The van der Waals surface area contributed by atoms with E-state index in [1.807, 2.05) is 0 Å². The second kappa shape index (κ2) is 3.84. The molecule has 0 radical (unpaired) electrons. The van der Waals surface area contributed by atoms with Crippen LogP contribution in [-0.4, -0.2) is 5.84 Å². The van der Waals surface area contributed by atoms with E-state index in [1.54, 1.807) is 0 Å². The van der Waals surface area contributed by atoms with Gasteiger partial charge in [-0.3, -0.25) is 0 Å². The molecule has 0 aliphatic heterocycles. The summed E-state index contributed by atoms with van der Waals surface area (Å²) in [5.41, 5.74) is 5.69. The van der Waals surface area contributed by atoms with Crippen LogP contribution in [0.2, 0.25) is 0 Å². The molecule has 0 aliphatic carbocycles. The largest absolute Gasteiger partial charge is 0.385 e. The summed E-state index contributed by atoms with van der Waals surface area (Å²) in [5, 5.41) is 3.19. The molecule has 4 N–H and O–H groups in total. The Balaban J connectivity index is 2.89. The number of amidine groups is 1. The van der Waals surface area contributed by atoms with Crippen molar-refractivity contribution in [2.75, 3.05) is 0 Å². The first-order valence-corrected chi connectivity index (χ1v) is 3.59. The molecule has 0 aromatic heterocycles. The number of hydrogen-bond acceptors (Lipinski definition) is 2. The minimum Gasteiger partial charge on any atom is -0.385 e. The molecule has 1 aromatic carbocycles. The molecule has 1 aromatic rings. The van der Waals surface area contributed by atoms with Crippen molar-refractivity contribution in [2.45, 2.75) is 6.42 Å². The highest BCUT2D eigenvalue weighted by Crippen LogP contribution is 2.08. The minimum absolute atomic E-state index is 0.130. The molecule has 0 spiro atoms. The van der Waals surface area contributed by atoms with Gasteiger partial charge in [-0.05, 0) is 17.7 Å². The fraction of sp³-hybridized carbons (Fsp3) is 0.125. The van der Waals surface area contributed by atoms with E-state index in [-0.39, 0.29) is 12.3 Å². The third kappa shape index (κ3) is 2.70. The summed E-state index contributed by atoms with van der Waals surface area (Å²) in [5.74, 6) is 3.72. The normalized spacial score (nSPS) is 11.7. The van der Waals surface area contributed by atoms with E-state index < -0.39 is 11.6 Å². The number of hydrogen-bond donors (Lipinski definition) is 2. The summed E-state index contributed by atoms with van der Waals surface area (Å²) in [7, 11) is 0. The Morgan fingerprint density at radius 3 is 2.23 bits per heavy atom. The maximum atomic E-state index is 12.6. The second-order valence-electron chi connectivity index (χ2n) is 2.57. The molecule has 0 amide bonds. The first kappa shape index (κ1) is 9.44. The van der Waals surface area contributed by atoms with Crippen LogP contribution in [0.1, 0.15) is 5.56 Å². The van der Waals surface area contributed by atoms with Crippen molar-refractivity contribution in [1.29, 1.82) is 0 Å². The molecule has 0 fully saturated rings. The smallest absolute Gasteiger partial charge is 0.126 e. The maximum Gasteiger partial charge on any atom is 0.126 e. The van der Waals surface area contributed by atoms with E-state index in [2.05, 4.69) is 5.10 Å². The zero-order valence-corrected chi connectivity index (χ0v) is 6.80. The molecule has 0 bridgehead atoms. The van der Waals surface area contributed by atoms with Crippen LogP contribution < -0.4 is 11.6 Å². The van der Waals surface area contributed by atoms with Crippen molar-refractivity contribution in [3.05, 3.63) is 35.4 Å². The number of halogens is 2. The highest BCUT2D eigenvalue weighted by Gasteiger charge is 2.01. The van der Waals surface area contributed by atoms with Gasteiger partial charge in [0.25, 0.3) is 0 Å². The van der Waals surface area contributed by atoms with Gasteiger partial charge >= 0.3 is 0 Å². The summed E-state index contributed by atoms with van der Waals surface area (Å²) in [6, 6.07) is 3.15. The lowest BCUT2D eigenvalue weighted by Crippen LogP contribution is -2.17. The quantitative estimate of drug-likeness (QED) is 0.309. The number of hydrazone groups is 1. The lowest BCUT2D eigenvalue weighted by Gasteiger charge is -2.00. The molecule has 0 unspecified atom stereocenters. The van der Waals surface area contributed by atoms with E-state index in [0.29, 0.717) is 5.56 Å². The SMILES string of the molecule is N/N=C(/N)Cc1cc(F)cc(F)c1. The predicted octanol–water partition coefficient (Wildman–Crippen LogP) is 0.738. The molecule has 5 heteroatoms. The van der Waals surface area contributed by atoms with Gasteiger partial charge in [0, 0.05) is 12.5 Å². The molecule has 3 nitrogen and oxygen atoms in total. The van der Waals surface area contributed by atoms with Gasteiger partial charge in [0.15, 0.2) is 0 Å². The Bertz CT molecular complexity index is 316. The summed E-state index contributed by atoms with van der Waals surface area (Å²) in [6.45, 7) is 0. The standard InChI is InChI=1S/C8H9F2N3/c9-6-1-5(2-7(10)4-6)3-8(11)13-12/h1-2,4H,3,12H2,(H2,11,13). The van der Waals surface area contributed by atoms with Crippen LogP contribution in [0.3, 0.4) is 0 Å². The van der Waals surface area contributed by atoms with Crippen LogP contribution in [0.5, 0.6) is 0 Å². The molecular weight excluding hydrogens is 176 g/mol. The summed E-state index contributed by atoms with van der Waals surface area (Å²) < 4.78 is 25.3. The number of rotatable bonds is 2.